The van der Waals surface area contributed by atoms with Crippen LogP contribution < -0.4 is 10.9 Å². The van der Waals surface area contributed by atoms with Crippen LogP contribution in [0.3, 0.4) is 0 Å². The third-order valence-corrected chi connectivity index (χ3v) is 5.57. The van der Waals surface area contributed by atoms with Crippen molar-refractivity contribution < 1.29 is 28.6 Å². The summed E-state index contributed by atoms with van der Waals surface area (Å²) in [6.07, 6.45) is -0.162. The molecule has 190 valence electrons. The van der Waals surface area contributed by atoms with Gasteiger partial charge in [0.2, 0.25) is 5.75 Å². The van der Waals surface area contributed by atoms with E-state index in [9.17, 15) is 23.9 Å². The first-order valence-corrected chi connectivity index (χ1v) is 11.3. The predicted molar refractivity (Wildman–Crippen MR) is 125 cm³/mol. The maximum Gasteiger partial charge on any atom is 0.410 e. The molecule has 1 aliphatic rings. The number of aromatic nitrogens is 2. The lowest BCUT2D eigenvalue weighted by molar-refractivity contribution is 0.00824. The lowest BCUT2D eigenvalue weighted by Gasteiger charge is -2.30. The van der Waals surface area contributed by atoms with Gasteiger partial charge in [-0.05, 0) is 44.9 Å². The third-order valence-electron chi connectivity index (χ3n) is 5.57. The van der Waals surface area contributed by atoms with Crippen molar-refractivity contribution in [3.05, 3.63) is 57.5 Å². The van der Waals surface area contributed by atoms with Crippen LogP contribution in [-0.4, -0.2) is 57.4 Å². The highest BCUT2D eigenvalue weighted by atomic mass is 19.1. The summed E-state index contributed by atoms with van der Waals surface area (Å²) in [5.41, 5.74) is -1.41. The minimum atomic E-state index is -0.849. The molecule has 0 aliphatic carbocycles. The van der Waals surface area contributed by atoms with Crippen LogP contribution in [0, 0.1) is 5.82 Å². The van der Waals surface area contributed by atoms with Gasteiger partial charge >= 0.3 is 6.09 Å². The van der Waals surface area contributed by atoms with Crippen molar-refractivity contribution in [2.45, 2.75) is 58.3 Å². The summed E-state index contributed by atoms with van der Waals surface area (Å²) in [6, 6.07) is 4.22. The molecule has 2 heterocycles. The van der Waals surface area contributed by atoms with Crippen LogP contribution in [0.2, 0.25) is 0 Å². The van der Waals surface area contributed by atoms with E-state index in [0.29, 0.717) is 12.0 Å². The minimum absolute atomic E-state index is 0.0140. The molecule has 2 atom stereocenters. The van der Waals surface area contributed by atoms with E-state index in [0.717, 1.165) is 0 Å². The number of nitrogens with one attached hydrogen (secondary N) is 1. The average molecular weight is 491 g/mol. The zero-order valence-electron chi connectivity index (χ0n) is 20.5. The van der Waals surface area contributed by atoms with E-state index >= 15 is 0 Å². The van der Waals surface area contributed by atoms with Gasteiger partial charge in [0.15, 0.2) is 5.69 Å². The van der Waals surface area contributed by atoms with Crippen molar-refractivity contribution in [3.8, 4) is 5.75 Å². The first-order chi connectivity index (χ1) is 16.4. The molecule has 2 aromatic rings. The van der Waals surface area contributed by atoms with Crippen molar-refractivity contribution in [2.24, 2.45) is 0 Å². The monoisotopic (exact) mass is 490 g/mol. The number of rotatable bonds is 5. The SMILES string of the molecule is CC[C@H]1COC[C@H](N(C)C(=O)OC(C)(C)C)c2nc(C(=O)NCc3ccc(F)cc3)c(O)c(=O)n21. The van der Waals surface area contributed by atoms with E-state index in [1.165, 1.54) is 40.8 Å². The fourth-order valence-corrected chi connectivity index (χ4v) is 3.67. The van der Waals surface area contributed by atoms with Crippen molar-refractivity contribution in [1.29, 1.82) is 0 Å². The Labute approximate surface area is 202 Å². The molecule has 1 aliphatic heterocycles. The van der Waals surface area contributed by atoms with Crippen molar-refractivity contribution in [1.82, 2.24) is 19.8 Å². The van der Waals surface area contributed by atoms with Gasteiger partial charge in [0.25, 0.3) is 11.5 Å². The number of amides is 2. The van der Waals surface area contributed by atoms with Gasteiger partial charge in [-0.1, -0.05) is 19.1 Å². The highest BCUT2D eigenvalue weighted by Crippen LogP contribution is 2.28. The molecule has 0 saturated carbocycles. The van der Waals surface area contributed by atoms with Gasteiger partial charge in [0.1, 0.15) is 23.3 Å². The Balaban J connectivity index is 2.00. The Morgan fingerprint density at radius 2 is 1.94 bits per heavy atom. The number of likely N-dealkylation sites (N-methyl/N-ethyl adjacent to an activating group) is 1. The van der Waals surface area contributed by atoms with Crippen LogP contribution in [0.25, 0.3) is 0 Å². The molecule has 10 nitrogen and oxygen atoms in total. The standard InChI is InChI=1S/C24H31FN4O6/c1-6-16-12-34-13-17(28(5)23(33)35-24(2,3)4)20-27-18(19(30)22(32)29(16)20)21(31)26-11-14-7-9-15(25)10-8-14/h7-10,16-17,30H,6,11-13H2,1-5H3,(H,26,31)/t16-,17-/m0/s1. The summed E-state index contributed by atoms with van der Waals surface area (Å²) in [6.45, 7) is 7.25. The first kappa shape index (κ1) is 26.1. The second-order valence-electron chi connectivity index (χ2n) is 9.36. The Kier molecular flexibility index (Phi) is 7.79. The number of carbonyl (C=O) groups is 2. The number of carbonyl (C=O) groups excluding carboxylic acids is 2. The summed E-state index contributed by atoms with van der Waals surface area (Å²) in [7, 11) is 1.49. The molecule has 0 bridgehead atoms. The van der Waals surface area contributed by atoms with Crippen LogP contribution in [0.5, 0.6) is 5.75 Å². The van der Waals surface area contributed by atoms with Gasteiger partial charge in [-0.2, -0.15) is 0 Å². The largest absolute Gasteiger partial charge is 0.501 e. The maximum absolute atomic E-state index is 13.2. The van der Waals surface area contributed by atoms with Gasteiger partial charge < -0.3 is 19.9 Å². The number of halogens is 1. The normalized spacial score (nSPS) is 17.8. The van der Waals surface area contributed by atoms with Crippen molar-refractivity contribution in [2.75, 3.05) is 20.3 Å². The van der Waals surface area contributed by atoms with Crippen LogP contribution in [-0.2, 0) is 16.0 Å². The summed E-state index contributed by atoms with van der Waals surface area (Å²) in [5, 5.41) is 13.2. The number of nitrogens with zero attached hydrogens (tertiary/aromatic N) is 3. The molecule has 0 unspecified atom stereocenters. The summed E-state index contributed by atoms with van der Waals surface area (Å²) >= 11 is 0. The maximum atomic E-state index is 13.2. The van der Waals surface area contributed by atoms with E-state index in [-0.39, 0.29) is 25.6 Å². The van der Waals surface area contributed by atoms with Gasteiger partial charge in [-0.25, -0.2) is 14.2 Å². The van der Waals surface area contributed by atoms with Gasteiger partial charge in [0, 0.05) is 13.6 Å². The van der Waals surface area contributed by atoms with E-state index < -0.39 is 52.5 Å². The van der Waals surface area contributed by atoms with Gasteiger partial charge in [-0.15, -0.1) is 0 Å². The fourth-order valence-electron chi connectivity index (χ4n) is 3.67. The number of hydrogen-bond donors (Lipinski definition) is 2. The molecule has 0 radical (unpaired) electrons. The van der Waals surface area contributed by atoms with Crippen LogP contribution >= 0.6 is 0 Å². The molecular formula is C24H31FN4O6. The Hall–Kier alpha value is -3.47. The molecule has 2 amide bonds. The topological polar surface area (TPSA) is 123 Å². The first-order valence-electron chi connectivity index (χ1n) is 11.3. The van der Waals surface area contributed by atoms with E-state index in [2.05, 4.69) is 10.3 Å². The second kappa shape index (κ2) is 10.4. The predicted octanol–water partition coefficient (Wildman–Crippen LogP) is 2.91. The van der Waals surface area contributed by atoms with Gasteiger partial charge in [-0.3, -0.25) is 19.1 Å². The Morgan fingerprint density at radius 3 is 2.54 bits per heavy atom. The fraction of sp³-hybridized carbons (Fsp3) is 0.500. The highest BCUT2D eigenvalue weighted by Gasteiger charge is 2.36. The summed E-state index contributed by atoms with van der Waals surface area (Å²) < 4.78 is 25.6. The molecule has 35 heavy (non-hydrogen) atoms. The highest BCUT2D eigenvalue weighted by molar-refractivity contribution is 5.94. The number of aromatic hydroxyl groups is 1. The molecule has 0 spiro atoms. The molecule has 1 aromatic heterocycles. The molecule has 1 aromatic carbocycles. The Morgan fingerprint density at radius 1 is 1.29 bits per heavy atom. The molecular weight excluding hydrogens is 459 g/mol. The smallest absolute Gasteiger partial charge is 0.410 e. The Bertz CT molecular complexity index is 1140. The number of hydrogen-bond acceptors (Lipinski definition) is 7. The molecule has 0 fully saturated rings. The second-order valence-corrected chi connectivity index (χ2v) is 9.36. The summed E-state index contributed by atoms with van der Waals surface area (Å²) in [4.78, 5) is 44.5. The van der Waals surface area contributed by atoms with E-state index in [4.69, 9.17) is 9.47 Å². The number of benzene rings is 1. The zero-order valence-corrected chi connectivity index (χ0v) is 20.5. The van der Waals surface area contributed by atoms with Crippen LogP contribution in [0.15, 0.2) is 29.1 Å². The molecule has 3 rings (SSSR count). The van der Waals surface area contributed by atoms with Crippen LogP contribution in [0.4, 0.5) is 9.18 Å². The number of ether oxygens (including phenoxy) is 2. The number of fused-ring (bicyclic) bond motifs is 1. The molecule has 11 heteroatoms. The molecule has 2 N–H and O–H groups in total. The minimum Gasteiger partial charge on any atom is -0.501 e. The van der Waals surface area contributed by atoms with E-state index in [1.54, 1.807) is 20.8 Å². The zero-order chi connectivity index (χ0) is 25.9. The van der Waals surface area contributed by atoms with Crippen LogP contribution in [0.1, 0.15) is 68.1 Å². The van der Waals surface area contributed by atoms with Gasteiger partial charge in [0.05, 0.1) is 19.3 Å². The quantitative estimate of drug-likeness (QED) is 0.661. The third kappa shape index (κ3) is 5.97. The molecule has 0 saturated heterocycles. The van der Waals surface area contributed by atoms with Crippen molar-refractivity contribution in [3.63, 3.8) is 0 Å². The average Bonchev–Trinajstić information content (AvgIpc) is 2.98. The van der Waals surface area contributed by atoms with E-state index in [1.807, 2.05) is 6.92 Å². The van der Waals surface area contributed by atoms with Crippen molar-refractivity contribution >= 4 is 12.0 Å². The lowest BCUT2D eigenvalue weighted by Crippen LogP contribution is -2.41. The lowest BCUT2D eigenvalue weighted by atomic mass is 10.1. The summed E-state index contributed by atoms with van der Waals surface area (Å²) in [5.74, 6) is -1.89.